The minimum absolute atomic E-state index is 0.890. The molecule has 4 atom stereocenters. The highest BCUT2D eigenvalue weighted by Gasteiger charge is 2.49. The Morgan fingerprint density at radius 2 is 1.82 bits per heavy atom. The first-order chi connectivity index (χ1) is 5.20. The van der Waals surface area contributed by atoms with Crippen molar-refractivity contribution in [3.63, 3.8) is 0 Å². The van der Waals surface area contributed by atoms with Crippen LogP contribution in [0.2, 0.25) is 0 Å². The summed E-state index contributed by atoms with van der Waals surface area (Å²) in [6, 6.07) is 0.890. The Morgan fingerprint density at radius 1 is 1.09 bits per heavy atom. The minimum atomic E-state index is 0.890. The quantitative estimate of drug-likeness (QED) is 0.557. The third-order valence-corrected chi connectivity index (χ3v) is 3.87. The molecule has 0 heterocycles. The fraction of sp³-hybridized carbons (Fsp3) is 1.00. The van der Waals surface area contributed by atoms with E-state index in [4.69, 9.17) is 0 Å². The topological polar surface area (TPSA) is 3.24 Å². The summed E-state index contributed by atoms with van der Waals surface area (Å²) in [6.45, 7) is 2.42. The van der Waals surface area contributed by atoms with Crippen LogP contribution in [-0.4, -0.2) is 25.0 Å². The smallest absolute Gasteiger partial charge is 0.00921 e. The summed E-state index contributed by atoms with van der Waals surface area (Å²) in [7, 11) is 4.44. The molecule has 4 unspecified atom stereocenters. The van der Waals surface area contributed by atoms with Gasteiger partial charge < -0.3 is 4.90 Å². The lowest BCUT2D eigenvalue weighted by atomic mass is 9.95. The molecule has 0 amide bonds. The molecule has 2 fully saturated rings. The van der Waals surface area contributed by atoms with Crippen molar-refractivity contribution in [1.82, 2.24) is 4.90 Å². The second-order valence-electron chi connectivity index (χ2n) is 4.62. The zero-order valence-electron chi connectivity index (χ0n) is 7.88. The highest BCUT2D eigenvalue weighted by atomic mass is 15.1. The van der Waals surface area contributed by atoms with E-state index in [0.717, 1.165) is 23.8 Å². The molecule has 2 aliphatic carbocycles. The fourth-order valence-corrected chi connectivity index (χ4v) is 2.79. The second kappa shape index (κ2) is 2.48. The van der Waals surface area contributed by atoms with Gasteiger partial charge in [0.1, 0.15) is 0 Å². The van der Waals surface area contributed by atoms with Gasteiger partial charge in [0.2, 0.25) is 0 Å². The molecule has 64 valence electrons. The largest absolute Gasteiger partial charge is 0.306 e. The van der Waals surface area contributed by atoms with E-state index < -0.39 is 0 Å². The molecule has 0 bridgehead atoms. The number of fused-ring (bicyclic) bond motifs is 1. The van der Waals surface area contributed by atoms with Crippen LogP contribution in [0.25, 0.3) is 0 Å². The van der Waals surface area contributed by atoms with E-state index in [-0.39, 0.29) is 0 Å². The van der Waals surface area contributed by atoms with Crippen LogP contribution >= 0.6 is 0 Å². The molecule has 0 aliphatic heterocycles. The van der Waals surface area contributed by atoms with Gasteiger partial charge in [-0.2, -0.15) is 0 Å². The van der Waals surface area contributed by atoms with Gasteiger partial charge in [0.05, 0.1) is 0 Å². The molecule has 0 radical (unpaired) electrons. The van der Waals surface area contributed by atoms with Crippen LogP contribution in [0.15, 0.2) is 0 Å². The lowest BCUT2D eigenvalue weighted by Gasteiger charge is -2.27. The highest BCUT2D eigenvalue weighted by molar-refractivity contribution is 5.00. The van der Waals surface area contributed by atoms with Crippen molar-refractivity contribution in [2.24, 2.45) is 17.8 Å². The maximum absolute atomic E-state index is 2.42. The number of nitrogens with zero attached hydrogens (tertiary/aromatic N) is 1. The summed E-state index contributed by atoms with van der Waals surface area (Å²) in [5.41, 5.74) is 0. The predicted molar refractivity (Wildman–Crippen MR) is 47.5 cm³/mol. The fourth-order valence-electron chi connectivity index (χ4n) is 2.79. The lowest BCUT2D eigenvalue weighted by Crippen LogP contribution is -2.30. The van der Waals surface area contributed by atoms with Crippen LogP contribution in [0.3, 0.4) is 0 Å². The second-order valence-corrected chi connectivity index (χ2v) is 4.62. The van der Waals surface area contributed by atoms with E-state index in [1.165, 1.54) is 19.3 Å². The maximum atomic E-state index is 2.42. The van der Waals surface area contributed by atoms with E-state index in [1.54, 1.807) is 0 Å². The van der Waals surface area contributed by atoms with Crippen LogP contribution in [0.5, 0.6) is 0 Å². The standard InChI is InChI=1S/C10H19N/c1-7-9-5-4-8(11(2)3)6-10(7)9/h7-10H,4-6H2,1-3H3. The van der Waals surface area contributed by atoms with Crippen molar-refractivity contribution in [3.8, 4) is 0 Å². The van der Waals surface area contributed by atoms with E-state index in [1.807, 2.05) is 0 Å². The van der Waals surface area contributed by atoms with E-state index in [0.29, 0.717) is 0 Å². The molecule has 2 aliphatic rings. The summed E-state index contributed by atoms with van der Waals surface area (Å²) in [5.74, 6) is 3.27. The molecule has 0 spiro atoms. The summed E-state index contributed by atoms with van der Waals surface area (Å²) >= 11 is 0. The molecule has 0 aromatic rings. The molecule has 0 aromatic carbocycles. The van der Waals surface area contributed by atoms with Gasteiger partial charge in [-0.05, 0) is 51.1 Å². The van der Waals surface area contributed by atoms with Gasteiger partial charge in [0, 0.05) is 6.04 Å². The predicted octanol–water partition coefficient (Wildman–Crippen LogP) is 1.98. The van der Waals surface area contributed by atoms with E-state index in [2.05, 4.69) is 25.9 Å². The first-order valence-electron chi connectivity index (χ1n) is 4.86. The van der Waals surface area contributed by atoms with Gasteiger partial charge in [-0.1, -0.05) is 6.92 Å². The molecule has 1 heteroatoms. The normalized spacial score (nSPS) is 49.1. The van der Waals surface area contributed by atoms with Crippen LogP contribution in [-0.2, 0) is 0 Å². The Kier molecular flexibility index (Phi) is 1.71. The molecule has 0 N–H and O–H groups in total. The maximum Gasteiger partial charge on any atom is 0.00921 e. The Balaban J connectivity index is 1.90. The first kappa shape index (κ1) is 7.60. The zero-order valence-corrected chi connectivity index (χ0v) is 7.88. The molecule has 0 saturated heterocycles. The van der Waals surface area contributed by atoms with Crippen molar-refractivity contribution < 1.29 is 0 Å². The van der Waals surface area contributed by atoms with Crippen LogP contribution in [0, 0.1) is 17.8 Å². The van der Waals surface area contributed by atoms with Crippen molar-refractivity contribution >= 4 is 0 Å². The average molecular weight is 153 g/mol. The van der Waals surface area contributed by atoms with Gasteiger partial charge in [-0.3, -0.25) is 0 Å². The SMILES string of the molecule is CC1C2CCC(N(C)C)CC12. The monoisotopic (exact) mass is 153 g/mol. The third kappa shape index (κ3) is 1.20. The Labute approximate surface area is 69.8 Å². The summed E-state index contributed by atoms with van der Waals surface area (Å²) in [6.07, 6.45) is 4.41. The molecule has 1 nitrogen and oxygen atoms in total. The van der Waals surface area contributed by atoms with Crippen LogP contribution in [0.1, 0.15) is 26.2 Å². The summed E-state index contributed by atoms with van der Waals surface area (Å²) in [5, 5.41) is 0. The molecular weight excluding hydrogens is 134 g/mol. The minimum Gasteiger partial charge on any atom is -0.306 e. The van der Waals surface area contributed by atoms with Crippen LogP contribution < -0.4 is 0 Å². The number of hydrogen-bond acceptors (Lipinski definition) is 1. The lowest BCUT2D eigenvalue weighted by molar-refractivity contribution is 0.222. The van der Waals surface area contributed by atoms with E-state index in [9.17, 15) is 0 Å². The van der Waals surface area contributed by atoms with Crippen molar-refractivity contribution in [1.29, 1.82) is 0 Å². The summed E-state index contributed by atoms with van der Waals surface area (Å²) in [4.78, 5) is 2.40. The Bertz CT molecular complexity index is 153. The first-order valence-corrected chi connectivity index (χ1v) is 4.86. The van der Waals surface area contributed by atoms with Crippen LogP contribution in [0.4, 0.5) is 0 Å². The molecule has 0 aromatic heterocycles. The van der Waals surface area contributed by atoms with Gasteiger partial charge in [-0.25, -0.2) is 0 Å². The van der Waals surface area contributed by atoms with Gasteiger partial charge in [0.25, 0.3) is 0 Å². The molecular formula is C10H19N. The van der Waals surface area contributed by atoms with Crippen molar-refractivity contribution in [3.05, 3.63) is 0 Å². The molecule has 11 heavy (non-hydrogen) atoms. The third-order valence-electron chi connectivity index (χ3n) is 3.87. The Hall–Kier alpha value is -0.0400. The highest BCUT2D eigenvalue weighted by Crippen LogP contribution is 2.55. The average Bonchev–Trinajstić information content (AvgIpc) is 2.62. The number of rotatable bonds is 1. The molecule has 2 rings (SSSR count). The van der Waals surface area contributed by atoms with Gasteiger partial charge in [0.15, 0.2) is 0 Å². The van der Waals surface area contributed by atoms with Gasteiger partial charge >= 0.3 is 0 Å². The zero-order chi connectivity index (χ0) is 8.01. The Morgan fingerprint density at radius 3 is 2.36 bits per heavy atom. The van der Waals surface area contributed by atoms with Gasteiger partial charge in [-0.15, -0.1) is 0 Å². The molecule has 2 saturated carbocycles. The van der Waals surface area contributed by atoms with E-state index >= 15 is 0 Å². The summed E-state index contributed by atoms with van der Waals surface area (Å²) < 4.78 is 0. The van der Waals surface area contributed by atoms with Crippen molar-refractivity contribution in [2.75, 3.05) is 14.1 Å². The number of hydrogen-bond donors (Lipinski definition) is 0. The van der Waals surface area contributed by atoms with Crippen molar-refractivity contribution in [2.45, 2.75) is 32.2 Å².